The van der Waals surface area contributed by atoms with Gasteiger partial charge in [-0.1, -0.05) is 19.0 Å². The standard InChI is InChI=1S/C20H22N4O4/c1-12(2)17(20-23-18(24-28-20)13-7-9-21-10-8-13)22-19(25)14-5-6-15(26-3)16(11-14)27-4/h5-12,17H,1-4H3,(H,22,25). The van der Waals surface area contributed by atoms with Crippen molar-refractivity contribution < 1.29 is 18.8 Å². The maximum Gasteiger partial charge on any atom is 0.252 e. The van der Waals surface area contributed by atoms with Crippen LogP contribution in [0.5, 0.6) is 11.5 Å². The Morgan fingerprint density at radius 3 is 2.43 bits per heavy atom. The maximum absolute atomic E-state index is 12.8. The molecule has 2 heterocycles. The van der Waals surface area contributed by atoms with E-state index in [4.69, 9.17) is 14.0 Å². The van der Waals surface area contributed by atoms with Crippen molar-refractivity contribution in [1.82, 2.24) is 20.4 Å². The van der Waals surface area contributed by atoms with Crippen LogP contribution in [-0.4, -0.2) is 35.3 Å². The van der Waals surface area contributed by atoms with Gasteiger partial charge in [0.15, 0.2) is 11.5 Å². The predicted octanol–water partition coefficient (Wildman–Crippen LogP) is 3.28. The van der Waals surface area contributed by atoms with Gasteiger partial charge in [-0.2, -0.15) is 4.98 Å². The summed E-state index contributed by atoms with van der Waals surface area (Å²) in [5, 5.41) is 6.98. The number of methoxy groups -OCH3 is 2. The SMILES string of the molecule is COc1ccc(C(=O)NC(c2nc(-c3ccncc3)no2)C(C)C)cc1OC. The molecule has 8 nitrogen and oxygen atoms in total. The summed E-state index contributed by atoms with van der Waals surface area (Å²) >= 11 is 0. The molecule has 8 heteroatoms. The van der Waals surface area contributed by atoms with E-state index >= 15 is 0 Å². The molecule has 1 unspecified atom stereocenters. The van der Waals surface area contributed by atoms with Crippen LogP contribution in [0.3, 0.4) is 0 Å². The molecule has 0 fully saturated rings. The minimum absolute atomic E-state index is 0.0369. The Kier molecular flexibility index (Phi) is 5.88. The summed E-state index contributed by atoms with van der Waals surface area (Å²) in [6.45, 7) is 3.94. The number of nitrogens with zero attached hydrogens (tertiary/aromatic N) is 3. The van der Waals surface area contributed by atoms with Gasteiger partial charge in [-0.05, 0) is 36.2 Å². The van der Waals surface area contributed by atoms with Gasteiger partial charge in [0.25, 0.3) is 5.91 Å². The van der Waals surface area contributed by atoms with Crippen molar-refractivity contribution in [2.75, 3.05) is 14.2 Å². The molecule has 2 aromatic heterocycles. The average Bonchev–Trinajstić information content (AvgIpc) is 3.21. The fraction of sp³-hybridized carbons (Fsp3) is 0.300. The van der Waals surface area contributed by atoms with Crippen molar-refractivity contribution in [3.63, 3.8) is 0 Å². The van der Waals surface area contributed by atoms with E-state index in [0.717, 1.165) is 5.56 Å². The zero-order chi connectivity index (χ0) is 20.1. The van der Waals surface area contributed by atoms with Gasteiger partial charge in [-0.3, -0.25) is 9.78 Å². The van der Waals surface area contributed by atoms with Crippen molar-refractivity contribution >= 4 is 5.91 Å². The molecule has 1 amide bonds. The van der Waals surface area contributed by atoms with Gasteiger partial charge in [-0.15, -0.1) is 0 Å². The predicted molar refractivity (Wildman–Crippen MR) is 102 cm³/mol. The van der Waals surface area contributed by atoms with E-state index in [2.05, 4.69) is 20.4 Å². The summed E-state index contributed by atoms with van der Waals surface area (Å²) in [5.41, 5.74) is 1.23. The number of pyridine rings is 1. The van der Waals surface area contributed by atoms with Crippen LogP contribution >= 0.6 is 0 Å². The normalized spacial score (nSPS) is 11.9. The smallest absolute Gasteiger partial charge is 0.252 e. The molecular formula is C20H22N4O4. The molecule has 3 rings (SSSR count). The van der Waals surface area contributed by atoms with Gasteiger partial charge in [0.2, 0.25) is 11.7 Å². The summed E-state index contributed by atoms with van der Waals surface area (Å²) < 4.78 is 15.9. The lowest BCUT2D eigenvalue weighted by atomic mass is 10.0. The van der Waals surface area contributed by atoms with Crippen LogP contribution in [0.4, 0.5) is 0 Å². The Morgan fingerprint density at radius 2 is 1.79 bits per heavy atom. The first kappa shape index (κ1) is 19.3. The van der Waals surface area contributed by atoms with Crippen LogP contribution in [0.25, 0.3) is 11.4 Å². The molecule has 0 radical (unpaired) electrons. The van der Waals surface area contributed by atoms with Crippen LogP contribution in [0, 0.1) is 5.92 Å². The number of aromatic nitrogens is 3. The van der Waals surface area contributed by atoms with Gasteiger partial charge in [0.1, 0.15) is 6.04 Å². The Balaban J connectivity index is 1.82. The molecular weight excluding hydrogens is 360 g/mol. The zero-order valence-corrected chi connectivity index (χ0v) is 16.2. The number of rotatable bonds is 7. The number of benzene rings is 1. The topological polar surface area (TPSA) is 99.4 Å². The molecule has 28 heavy (non-hydrogen) atoms. The van der Waals surface area contributed by atoms with Crippen molar-refractivity contribution in [2.45, 2.75) is 19.9 Å². The van der Waals surface area contributed by atoms with Gasteiger partial charge >= 0.3 is 0 Å². The molecule has 0 aliphatic heterocycles. The van der Waals surface area contributed by atoms with Gasteiger partial charge < -0.3 is 19.3 Å². The van der Waals surface area contributed by atoms with Crippen LogP contribution in [0.2, 0.25) is 0 Å². The molecule has 1 atom stereocenters. The lowest BCUT2D eigenvalue weighted by Gasteiger charge is -2.19. The fourth-order valence-corrected chi connectivity index (χ4v) is 2.70. The largest absolute Gasteiger partial charge is 0.493 e. The highest BCUT2D eigenvalue weighted by Gasteiger charge is 2.25. The first-order valence-electron chi connectivity index (χ1n) is 8.80. The minimum atomic E-state index is -0.441. The molecule has 1 N–H and O–H groups in total. The number of hydrogen-bond acceptors (Lipinski definition) is 7. The summed E-state index contributed by atoms with van der Waals surface area (Å²) in [6.07, 6.45) is 3.31. The molecule has 0 spiro atoms. The van der Waals surface area contributed by atoms with E-state index in [9.17, 15) is 4.79 Å². The van der Waals surface area contributed by atoms with E-state index < -0.39 is 6.04 Å². The first-order valence-corrected chi connectivity index (χ1v) is 8.80. The summed E-state index contributed by atoms with van der Waals surface area (Å²) in [6, 6.07) is 8.13. The van der Waals surface area contributed by atoms with Crippen molar-refractivity contribution in [3.05, 3.63) is 54.2 Å². The Labute approximate surface area is 162 Å². The van der Waals surface area contributed by atoms with E-state index in [-0.39, 0.29) is 11.8 Å². The van der Waals surface area contributed by atoms with Crippen molar-refractivity contribution in [1.29, 1.82) is 0 Å². The highest BCUT2D eigenvalue weighted by molar-refractivity contribution is 5.95. The second kappa shape index (κ2) is 8.51. The van der Waals surface area contributed by atoms with E-state index in [1.165, 1.54) is 7.11 Å². The van der Waals surface area contributed by atoms with Gasteiger partial charge in [0.05, 0.1) is 14.2 Å². The zero-order valence-electron chi connectivity index (χ0n) is 16.2. The molecule has 3 aromatic rings. The third-order valence-electron chi connectivity index (χ3n) is 4.25. The third kappa shape index (κ3) is 4.11. The summed E-state index contributed by atoms with van der Waals surface area (Å²) in [7, 11) is 3.07. The molecule has 0 aliphatic rings. The highest BCUT2D eigenvalue weighted by atomic mass is 16.5. The Bertz CT molecular complexity index is 940. The second-order valence-corrected chi connectivity index (χ2v) is 6.46. The molecule has 0 bridgehead atoms. The maximum atomic E-state index is 12.8. The van der Waals surface area contributed by atoms with Crippen molar-refractivity contribution in [3.8, 4) is 22.9 Å². The Hall–Kier alpha value is -3.42. The fourth-order valence-electron chi connectivity index (χ4n) is 2.70. The molecule has 1 aromatic carbocycles. The number of ether oxygens (including phenoxy) is 2. The van der Waals surface area contributed by atoms with Crippen LogP contribution in [0.1, 0.15) is 36.1 Å². The number of nitrogens with one attached hydrogen (secondary N) is 1. The van der Waals surface area contributed by atoms with Gasteiger partial charge in [0, 0.05) is 23.5 Å². The monoisotopic (exact) mass is 382 g/mol. The average molecular weight is 382 g/mol. The molecule has 0 saturated heterocycles. The van der Waals surface area contributed by atoms with E-state index in [1.807, 2.05) is 13.8 Å². The number of carbonyl (C=O) groups is 1. The lowest BCUT2D eigenvalue weighted by Crippen LogP contribution is -2.32. The second-order valence-electron chi connectivity index (χ2n) is 6.46. The first-order chi connectivity index (χ1) is 13.5. The number of amides is 1. The van der Waals surface area contributed by atoms with E-state index in [1.54, 1.807) is 49.8 Å². The Morgan fingerprint density at radius 1 is 1.07 bits per heavy atom. The number of hydrogen-bond donors (Lipinski definition) is 1. The minimum Gasteiger partial charge on any atom is -0.493 e. The van der Waals surface area contributed by atoms with Gasteiger partial charge in [-0.25, -0.2) is 0 Å². The summed E-state index contributed by atoms with van der Waals surface area (Å²) in [5.74, 6) is 1.59. The lowest BCUT2D eigenvalue weighted by molar-refractivity contribution is 0.0913. The quantitative estimate of drug-likeness (QED) is 0.669. The van der Waals surface area contributed by atoms with Crippen molar-refractivity contribution in [2.24, 2.45) is 5.92 Å². The van der Waals surface area contributed by atoms with E-state index in [0.29, 0.717) is 28.8 Å². The summed E-state index contributed by atoms with van der Waals surface area (Å²) in [4.78, 5) is 21.2. The molecule has 0 saturated carbocycles. The highest BCUT2D eigenvalue weighted by Crippen LogP contribution is 2.28. The molecule has 0 aliphatic carbocycles. The van der Waals surface area contributed by atoms with Crippen LogP contribution < -0.4 is 14.8 Å². The van der Waals surface area contributed by atoms with Crippen LogP contribution in [-0.2, 0) is 0 Å². The molecule has 146 valence electrons. The van der Waals surface area contributed by atoms with Crippen LogP contribution in [0.15, 0.2) is 47.2 Å². The third-order valence-corrected chi connectivity index (χ3v) is 4.25. The number of carbonyl (C=O) groups excluding carboxylic acids is 1.